The zero-order valence-corrected chi connectivity index (χ0v) is 15.0. The van der Waals surface area contributed by atoms with Crippen LogP contribution in [-0.4, -0.2) is 14.8 Å². The first-order chi connectivity index (χ1) is 13.9. The van der Waals surface area contributed by atoms with E-state index in [2.05, 4.69) is 10.1 Å². The first-order valence-electron chi connectivity index (χ1n) is 8.74. The first kappa shape index (κ1) is 17.4. The molecule has 0 saturated heterocycles. The van der Waals surface area contributed by atoms with Gasteiger partial charge < -0.3 is 4.42 Å². The predicted octanol–water partition coefficient (Wildman–Crippen LogP) is 5.01. The molecule has 5 aromatic rings. The van der Waals surface area contributed by atoms with Gasteiger partial charge in [-0.3, -0.25) is 0 Å². The van der Waals surface area contributed by atoms with E-state index in [9.17, 15) is 18.0 Å². The van der Waals surface area contributed by atoms with Crippen LogP contribution in [0.15, 0.2) is 63.8 Å². The van der Waals surface area contributed by atoms with E-state index < -0.39 is 22.8 Å². The summed E-state index contributed by atoms with van der Waals surface area (Å²) in [6.45, 7) is 1.47. The lowest BCUT2D eigenvalue weighted by atomic mass is 10.0. The Morgan fingerprint density at radius 2 is 1.66 bits per heavy atom. The third kappa shape index (κ3) is 2.52. The van der Waals surface area contributed by atoms with Crippen LogP contribution in [-0.2, 0) is 6.18 Å². The van der Waals surface area contributed by atoms with Crippen molar-refractivity contribution in [3.05, 3.63) is 76.3 Å². The van der Waals surface area contributed by atoms with Crippen LogP contribution >= 0.6 is 0 Å². The molecule has 5 nitrogen and oxygen atoms in total. The maximum Gasteiger partial charge on any atom is 0.418 e. The lowest BCUT2D eigenvalue weighted by Crippen LogP contribution is -2.14. The van der Waals surface area contributed by atoms with E-state index in [0.717, 1.165) is 0 Å². The van der Waals surface area contributed by atoms with Gasteiger partial charge in [0, 0.05) is 5.39 Å². The van der Waals surface area contributed by atoms with Gasteiger partial charge in [0.2, 0.25) is 0 Å². The summed E-state index contributed by atoms with van der Waals surface area (Å²) in [7, 11) is 0. The maximum absolute atomic E-state index is 14.2. The zero-order valence-electron chi connectivity index (χ0n) is 15.0. The largest absolute Gasteiger partial charge is 0.422 e. The van der Waals surface area contributed by atoms with Gasteiger partial charge in [-0.15, -0.1) is 0 Å². The average Bonchev–Trinajstić information content (AvgIpc) is 3.03. The predicted molar refractivity (Wildman–Crippen MR) is 102 cm³/mol. The molecule has 3 heterocycles. The third-order valence-electron chi connectivity index (χ3n) is 4.82. The monoisotopic (exact) mass is 395 g/mol. The lowest BCUT2D eigenvalue weighted by Gasteiger charge is -2.13. The Morgan fingerprint density at radius 3 is 2.38 bits per heavy atom. The Bertz CT molecular complexity index is 1470. The molecular weight excluding hydrogens is 383 g/mol. The van der Waals surface area contributed by atoms with Gasteiger partial charge in [-0.1, -0.05) is 30.3 Å². The van der Waals surface area contributed by atoms with E-state index in [1.807, 2.05) is 0 Å². The second kappa shape index (κ2) is 5.91. The van der Waals surface area contributed by atoms with Crippen molar-refractivity contribution in [3.8, 4) is 5.69 Å². The number of alkyl halides is 3. The molecule has 0 unspecified atom stereocenters. The van der Waals surface area contributed by atoms with E-state index in [0.29, 0.717) is 11.1 Å². The van der Waals surface area contributed by atoms with Gasteiger partial charge in [0.05, 0.1) is 33.2 Å². The van der Waals surface area contributed by atoms with Crippen molar-refractivity contribution in [2.24, 2.45) is 0 Å². The molecule has 0 N–H and O–H groups in total. The van der Waals surface area contributed by atoms with Crippen LogP contribution in [0.1, 0.15) is 11.3 Å². The molecular formula is C21H12F3N3O2. The fraction of sp³-hybridized carbons (Fsp3) is 0.0952. The van der Waals surface area contributed by atoms with Gasteiger partial charge in [0.1, 0.15) is 5.58 Å². The topological polar surface area (TPSA) is 60.9 Å². The lowest BCUT2D eigenvalue weighted by molar-refractivity contribution is -0.135. The van der Waals surface area contributed by atoms with Crippen LogP contribution in [0.5, 0.6) is 0 Å². The van der Waals surface area contributed by atoms with Crippen molar-refractivity contribution in [1.82, 2.24) is 14.8 Å². The minimum absolute atomic E-state index is 0.0317. The Hall–Kier alpha value is -3.68. The molecule has 2 aromatic carbocycles. The van der Waals surface area contributed by atoms with Crippen molar-refractivity contribution in [2.45, 2.75) is 13.1 Å². The number of rotatable bonds is 1. The molecule has 0 aliphatic heterocycles. The van der Waals surface area contributed by atoms with Crippen molar-refractivity contribution in [3.63, 3.8) is 0 Å². The molecule has 3 aromatic heterocycles. The maximum atomic E-state index is 14.2. The minimum atomic E-state index is -4.80. The van der Waals surface area contributed by atoms with Crippen LogP contribution in [0.4, 0.5) is 13.2 Å². The molecule has 0 atom stereocenters. The quantitative estimate of drug-likeness (QED) is 0.296. The standard InChI is InChI=1S/C21H12F3N3O2/c1-11-15-17(21(22,23)24)16-18(13-9-5-6-10-14(13)29-20(16)28)25-19(15)27(26-11)12-7-3-2-4-8-12/h2-10H,1H3. The van der Waals surface area contributed by atoms with Crippen LogP contribution in [0.3, 0.4) is 0 Å². The van der Waals surface area contributed by atoms with Gasteiger partial charge >= 0.3 is 11.8 Å². The fourth-order valence-electron chi connectivity index (χ4n) is 3.64. The number of hydrogen-bond acceptors (Lipinski definition) is 4. The Balaban J connectivity index is 2.09. The summed E-state index contributed by atoms with van der Waals surface area (Å²) in [5.41, 5.74) is -1.31. The number of aromatic nitrogens is 3. The Labute approximate surface area is 161 Å². The molecule has 0 spiro atoms. The van der Waals surface area contributed by atoms with Gasteiger partial charge in [0.15, 0.2) is 5.65 Å². The summed E-state index contributed by atoms with van der Waals surface area (Å²) in [6, 6.07) is 15.2. The van der Waals surface area contributed by atoms with Crippen molar-refractivity contribution >= 4 is 32.9 Å². The van der Waals surface area contributed by atoms with E-state index in [1.54, 1.807) is 48.5 Å². The van der Waals surface area contributed by atoms with E-state index >= 15 is 0 Å². The first-order valence-corrected chi connectivity index (χ1v) is 8.74. The van der Waals surface area contributed by atoms with Crippen molar-refractivity contribution < 1.29 is 17.6 Å². The highest BCUT2D eigenvalue weighted by Gasteiger charge is 2.39. The average molecular weight is 395 g/mol. The third-order valence-corrected chi connectivity index (χ3v) is 4.82. The SMILES string of the molecule is Cc1nn(-c2ccccc2)c2nc3c(c(C(F)(F)F)c12)c(=O)oc1ccccc13. The number of aryl methyl sites for hydroxylation is 1. The number of para-hydroxylation sites is 2. The molecule has 0 bridgehead atoms. The fourth-order valence-corrected chi connectivity index (χ4v) is 3.64. The summed E-state index contributed by atoms with van der Waals surface area (Å²) in [4.78, 5) is 17.0. The van der Waals surface area contributed by atoms with Crippen molar-refractivity contribution in [1.29, 1.82) is 0 Å². The molecule has 8 heteroatoms. The second-order valence-electron chi connectivity index (χ2n) is 6.63. The van der Waals surface area contributed by atoms with Gasteiger partial charge in [0.25, 0.3) is 0 Å². The summed E-state index contributed by atoms with van der Waals surface area (Å²) >= 11 is 0. The van der Waals surface area contributed by atoms with Crippen molar-refractivity contribution in [2.75, 3.05) is 0 Å². The summed E-state index contributed by atoms with van der Waals surface area (Å²) in [5, 5.41) is 3.82. The van der Waals surface area contributed by atoms with E-state index in [-0.39, 0.29) is 27.8 Å². The molecule has 0 aliphatic rings. The number of hydrogen-bond donors (Lipinski definition) is 0. The number of pyridine rings is 1. The number of benzene rings is 2. The summed E-state index contributed by atoms with van der Waals surface area (Å²) < 4.78 is 49.1. The number of halogens is 3. The molecule has 5 rings (SSSR count). The summed E-state index contributed by atoms with van der Waals surface area (Å²) in [5.74, 6) is 0. The zero-order chi connectivity index (χ0) is 20.3. The molecule has 144 valence electrons. The second-order valence-corrected chi connectivity index (χ2v) is 6.63. The minimum Gasteiger partial charge on any atom is -0.422 e. The Morgan fingerprint density at radius 1 is 0.966 bits per heavy atom. The van der Waals surface area contributed by atoms with Gasteiger partial charge in [-0.25, -0.2) is 14.5 Å². The molecule has 0 radical (unpaired) electrons. The number of nitrogens with zero attached hydrogens (tertiary/aromatic N) is 3. The highest BCUT2D eigenvalue weighted by Crippen LogP contribution is 2.41. The molecule has 0 saturated carbocycles. The smallest absolute Gasteiger partial charge is 0.418 e. The van der Waals surface area contributed by atoms with E-state index in [4.69, 9.17) is 4.42 Å². The van der Waals surface area contributed by atoms with Gasteiger partial charge in [-0.05, 0) is 31.2 Å². The normalized spacial score (nSPS) is 12.3. The van der Waals surface area contributed by atoms with Crippen LogP contribution in [0, 0.1) is 6.92 Å². The molecule has 0 amide bonds. The molecule has 0 aliphatic carbocycles. The molecule has 29 heavy (non-hydrogen) atoms. The Kier molecular flexibility index (Phi) is 3.55. The van der Waals surface area contributed by atoms with Gasteiger partial charge in [-0.2, -0.15) is 18.3 Å². The highest BCUT2D eigenvalue weighted by atomic mass is 19.4. The van der Waals surface area contributed by atoms with Crippen LogP contribution in [0.25, 0.3) is 38.6 Å². The highest BCUT2D eigenvalue weighted by molar-refractivity contribution is 6.08. The van der Waals surface area contributed by atoms with E-state index in [1.165, 1.54) is 17.7 Å². The summed E-state index contributed by atoms with van der Waals surface area (Å²) in [6.07, 6.45) is -4.80. The number of fused-ring (bicyclic) bond motifs is 4. The van der Waals surface area contributed by atoms with Crippen LogP contribution < -0.4 is 5.63 Å². The van der Waals surface area contributed by atoms with Crippen LogP contribution in [0.2, 0.25) is 0 Å². The molecule has 0 fully saturated rings.